The molecule has 0 amide bonds. The van der Waals surface area contributed by atoms with E-state index in [1.165, 1.54) is 24.4 Å². The van der Waals surface area contributed by atoms with E-state index in [9.17, 15) is 23.3 Å². The number of para-hydroxylation sites is 1. The number of aliphatic imine (C=N–C) groups is 1. The van der Waals surface area contributed by atoms with Crippen LogP contribution in [0.25, 0.3) is 0 Å². The van der Waals surface area contributed by atoms with Crippen molar-refractivity contribution in [3.05, 3.63) is 51.8 Å². The molecule has 0 aromatic heterocycles. The van der Waals surface area contributed by atoms with Gasteiger partial charge in [0.25, 0.3) is 0 Å². The maximum atomic E-state index is 12.7. The number of hydrogen-bond acceptors (Lipinski definition) is 6. The molecule has 0 saturated heterocycles. The molecule has 9 nitrogen and oxygen atoms in total. The van der Waals surface area contributed by atoms with Gasteiger partial charge in [-0.1, -0.05) is 25.1 Å². The smallest absolute Gasteiger partial charge is 0.405 e. The number of alkyl halides is 3. The van der Waals surface area contributed by atoms with Gasteiger partial charge in [0, 0.05) is 11.6 Å². The first-order chi connectivity index (χ1) is 15.6. The summed E-state index contributed by atoms with van der Waals surface area (Å²) < 4.78 is 42.0. The van der Waals surface area contributed by atoms with Crippen molar-refractivity contribution in [1.29, 1.82) is 0 Å². The Kier molecular flexibility index (Phi) is 7.80. The van der Waals surface area contributed by atoms with Gasteiger partial charge in [0.1, 0.15) is 5.75 Å². The molecule has 1 heterocycles. The predicted octanol–water partition coefficient (Wildman–Crippen LogP) is 2.97. The minimum absolute atomic E-state index is 0.145. The van der Waals surface area contributed by atoms with Crippen LogP contribution in [-0.2, 0) is 6.54 Å². The Morgan fingerprint density at radius 1 is 1.30 bits per heavy atom. The summed E-state index contributed by atoms with van der Waals surface area (Å²) in [6.45, 7) is 2.81. The molecule has 182 valence electrons. The molecule has 1 aromatic rings. The van der Waals surface area contributed by atoms with Gasteiger partial charge in [0.05, 0.1) is 17.7 Å². The van der Waals surface area contributed by atoms with Gasteiger partial charge in [0.15, 0.2) is 11.6 Å². The van der Waals surface area contributed by atoms with Crippen molar-refractivity contribution in [2.24, 2.45) is 16.6 Å². The van der Waals surface area contributed by atoms with E-state index in [4.69, 9.17) is 5.73 Å². The monoisotopic (exact) mass is 470 g/mol. The Morgan fingerprint density at radius 3 is 2.64 bits per heavy atom. The van der Waals surface area contributed by atoms with E-state index in [-0.39, 0.29) is 35.4 Å². The first-order valence-corrected chi connectivity index (χ1v) is 10.9. The summed E-state index contributed by atoms with van der Waals surface area (Å²) in [5.74, 6) is -0.0181. The molecule has 1 aliphatic carbocycles. The summed E-state index contributed by atoms with van der Waals surface area (Å²) in [5.41, 5.74) is 5.01. The summed E-state index contributed by atoms with van der Waals surface area (Å²) in [5, 5.41) is 20.6. The van der Waals surface area contributed by atoms with Gasteiger partial charge in [-0.05, 0) is 50.6 Å². The van der Waals surface area contributed by atoms with Crippen LogP contribution in [-0.4, -0.2) is 35.5 Å². The largest absolute Gasteiger partial charge is 0.573 e. The molecule has 3 rings (SSSR count). The van der Waals surface area contributed by atoms with E-state index in [2.05, 4.69) is 32.6 Å². The number of rotatable bonds is 8. The second-order valence-electron chi connectivity index (χ2n) is 8.33. The number of nitro groups is 1. The average Bonchev–Trinajstić information content (AvgIpc) is 2.73. The van der Waals surface area contributed by atoms with Crippen LogP contribution in [0.2, 0.25) is 0 Å². The number of benzene rings is 1. The van der Waals surface area contributed by atoms with E-state index in [1.54, 1.807) is 6.07 Å². The lowest BCUT2D eigenvalue weighted by molar-refractivity contribution is -0.437. The zero-order valence-corrected chi connectivity index (χ0v) is 18.3. The highest BCUT2D eigenvalue weighted by Crippen LogP contribution is 2.33. The summed E-state index contributed by atoms with van der Waals surface area (Å²) in [4.78, 5) is 15.3. The maximum absolute atomic E-state index is 12.7. The van der Waals surface area contributed by atoms with Crippen LogP contribution >= 0.6 is 0 Å². The van der Waals surface area contributed by atoms with E-state index >= 15 is 0 Å². The number of halogens is 3. The molecule has 1 fully saturated rings. The molecular weight excluding hydrogens is 441 g/mol. The zero-order valence-electron chi connectivity index (χ0n) is 18.3. The highest BCUT2D eigenvalue weighted by Gasteiger charge is 2.44. The number of nitrogens with two attached hydrogens (primary N) is 1. The first kappa shape index (κ1) is 24.8. The van der Waals surface area contributed by atoms with Gasteiger partial charge < -0.3 is 20.7 Å². The van der Waals surface area contributed by atoms with Gasteiger partial charge in [-0.3, -0.25) is 15.8 Å². The highest BCUT2D eigenvalue weighted by atomic mass is 19.4. The van der Waals surface area contributed by atoms with Crippen molar-refractivity contribution in [3.63, 3.8) is 0 Å². The van der Waals surface area contributed by atoms with E-state index < -0.39 is 16.9 Å². The van der Waals surface area contributed by atoms with Gasteiger partial charge in [-0.2, -0.15) is 0 Å². The molecule has 1 atom stereocenters. The molecule has 5 N–H and O–H groups in total. The van der Waals surface area contributed by atoms with Crippen molar-refractivity contribution in [3.8, 4) is 5.75 Å². The molecule has 1 aromatic carbocycles. The Balaban J connectivity index is 1.72. The Labute approximate surface area is 189 Å². The van der Waals surface area contributed by atoms with Crippen LogP contribution in [0, 0.1) is 16.0 Å². The van der Waals surface area contributed by atoms with Gasteiger partial charge in [0.2, 0.25) is 0 Å². The van der Waals surface area contributed by atoms with Gasteiger partial charge >= 0.3 is 12.1 Å². The van der Waals surface area contributed by atoms with E-state index in [0.29, 0.717) is 12.5 Å². The minimum Gasteiger partial charge on any atom is -0.405 e. The number of guanidine groups is 1. The third kappa shape index (κ3) is 6.81. The third-order valence-corrected chi connectivity index (χ3v) is 5.90. The Hall–Kier alpha value is -2.86. The van der Waals surface area contributed by atoms with Crippen molar-refractivity contribution >= 4 is 5.96 Å². The summed E-state index contributed by atoms with van der Waals surface area (Å²) in [7, 11) is 0. The predicted molar refractivity (Wildman–Crippen MR) is 117 cm³/mol. The molecule has 0 radical (unpaired) electrons. The maximum Gasteiger partial charge on any atom is 0.573 e. The van der Waals surface area contributed by atoms with Crippen LogP contribution in [0.4, 0.5) is 13.2 Å². The third-order valence-electron chi connectivity index (χ3n) is 5.90. The number of ether oxygens (including phenoxy) is 1. The van der Waals surface area contributed by atoms with Crippen LogP contribution in [0.5, 0.6) is 5.75 Å². The van der Waals surface area contributed by atoms with Crippen LogP contribution < -0.4 is 26.4 Å². The van der Waals surface area contributed by atoms with E-state index in [0.717, 1.165) is 32.2 Å². The lowest BCUT2D eigenvalue weighted by Crippen LogP contribution is -2.64. The normalized spacial score (nSPS) is 26.8. The fourth-order valence-electron chi connectivity index (χ4n) is 4.37. The molecular formula is C21H29F3N6O3. The summed E-state index contributed by atoms with van der Waals surface area (Å²) >= 11 is 0. The second kappa shape index (κ2) is 10.4. The second-order valence-corrected chi connectivity index (χ2v) is 8.33. The lowest BCUT2D eigenvalue weighted by atomic mass is 9.80. The summed E-state index contributed by atoms with van der Waals surface area (Å²) in [6.07, 6.45) is 0.441. The Morgan fingerprint density at radius 2 is 2.00 bits per heavy atom. The van der Waals surface area contributed by atoms with Crippen molar-refractivity contribution in [2.75, 3.05) is 6.54 Å². The molecule has 1 saturated carbocycles. The van der Waals surface area contributed by atoms with Gasteiger partial charge in [-0.15, -0.1) is 13.2 Å². The fourth-order valence-corrected chi connectivity index (χ4v) is 4.37. The van der Waals surface area contributed by atoms with Crippen LogP contribution in [0.3, 0.4) is 0 Å². The number of hydrogen-bond donors (Lipinski definition) is 4. The quantitative estimate of drug-likeness (QED) is 0.340. The number of nitrogens with one attached hydrogen (secondary N) is 3. The standard InChI is InChI=1S/C21H29F3N6O3/c1-2-26-16-9-7-14(8-10-16)11-20(25)18(30(31)32)13-28-19(29-20)27-12-15-5-3-4-6-17(15)33-21(22,23)24/h3-6,13-14,16,26H,2,7-12,25H2,1H3,(H2,27,28,29). The number of nitrogens with zero attached hydrogens (tertiary/aromatic N) is 2. The van der Waals surface area contributed by atoms with Crippen molar-refractivity contribution in [2.45, 2.75) is 63.6 Å². The van der Waals surface area contributed by atoms with Gasteiger partial charge in [-0.25, -0.2) is 4.99 Å². The Bertz CT molecular complexity index is 899. The molecule has 2 aliphatic rings. The molecule has 1 aliphatic heterocycles. The SMILES string of the molecule is CCNC1CCC(CC2(N)NC(=NCc3ccccc3OC(F)(F)F)NC=C2[N+](=O)[O-])CC1. The fraction of sp³-hybridized carbons (Fsp3) is 0.571. The average molecular weight is 470 g/mol. The first-order valence-electron chi connectivity index (χ1n) is 10.9. The molecule has 0 bridgehead atoms. The molecule has 12 heteroatoms. The van der Waals surface area contributed by atoms with Crippen molar-refractivity contribution < 1.29 is 22.8 Å². The molecule has 0 spiro atoms. The zero-order chi connectivity index (χ0) is 24.1. The highest BCUT2D eigenvalue weighted by molar-refractivity contribution is 5.83. The van der Waals surface area contributed by atoms with E-state index in [1.807, 2.05) is 0 Å². The molecule has 1 unspecified atom stereocenters. The van der Waals surface area contributed by atoms with Crippen molar-refractivity contribution in [1.82, 2.24) is 16.0 Å². The van der Waals surface area contributed by atoms with Crippen LogP contribution in [0.15, 0.2) is 41.2 Å². The lowest BCUT2D eigenvalue weighted by Gasteiger charge is -2.37. The minimum atomic E-state index is -4.83. The summed E-state index contributed by atoms with van der Waals surface area (Å²) in [6, 6.07) is 6.11. The molecule has 33 heavy (non-hydrogen) atoms. The topological polar surface area (TPSA) is 127 Å². The van der Waals surface area contributed by atoms with Crippen LogP contribution in [0.1, 0.15) is 44.6 Å².